The molecule has 1 unspecified atom stereocenters. The van der Waals surface area contributed by atoms with Gasteiger partial charge < -0.3 is 9.80 Å². The number of hydrogen-bond donors (Lipinski definition) is 0. The molecule has 0 spiro atoms. The number of nitrogens with zero attached hydrogens (tertiary/aromatic N) is 2. The molecule has 0 aliphatic carbocycles. The first-order valence-electron chi connectivity index (χ1n) is 6.07. The minimum atomic E-state index is 0.179. The van der Waals surface area contributed by atoms with Crippen molar-refractivity contribution in [3.05, 3.63) is 0 Å². The molecule has 1 heterocycles. The Labute approximate surface area is 93.4 Å². The number of likely N-dealkylation sites (tertiary alicyclic amines) is 1. The Kier molecular flexibility index (Phi) is 5.09. The van der Waals surface area contributed by atoms with E-state index in [1.165, 1.54) is 32.5 Å². The second-order valence-corrected chi connectivity index (χ2v) is 4.63. The fourth-order valence-electron chi connectivity index (χ4n) is 2.21. The Morgan fingerprint density at radius 2 is 2.27 bits per heavy atom. The van der Waals surface area contributed by atoms with Crippen LogP contribution >= 0.6 is 0 Å². The molecule has 0 aromatic carbocycles. The number of piperidine rings is 1. The molecule has 0 N–H and O–H groups in total. The van der Waals surface area contributed by atoms with Crippen LogP contribution in [0.3, 0.4) is 0 Å². The molecular formula is C12H24N2O. The van der Waals surface area contributed by atoms with Gasteiger partial charge in [-0.2, -0.15) is 0 Å². The minimum absolute atomic E-state index is 0.179. The Bertz CT molecular complexity index is 206. The SMILES string of the molecule is CCN1CCCC(CCN(C)C(C)=O)C1. The summed E-state index contributed by atoms with van der Waals surface area (Å²) in [5.41, 5.74) is 0. The van der Waals surface area contributed by atoms with Crippen molar-refractivity contribution < 1.29 is 4.79 Å². The summed E-state index contributed by atoms with van der Waals surface area (Å²) in [5.74, 6) is 0.971. The predicted molar refractivity (Wildman–Crippen MR) is 62.8 cm³/mol. The maximum Gasteiger partial charge on any atom is 0.219 e. The molecule has 0 saturated carbocycles. The summed E-state index contributed by atoms with van der Waals surface area (Å²) in [5, 5.41) is 0. The van der Waals surface area contributed by atoms with Crippen LogP contribution in [0, 0.1) is 5.92 Å². The molecule has 1 atom stereocenters. The van der Waals surface area contributed by atoms with Crippen molar-refractivity contribution in [1.82, 2.24) is 9.80 Å². The molecule has 0 aromatic heterocycles. The molecule has 1 saturated heterocycles. The lowest BCUT2D eigenvalue weighted by Crippen LogP contribution is -2.37. The van der Waals surface area contributed by atoms with E-state index in [2.05, 4.69) is 11.8 Å². The fraction of sp³-hybridized carbons (Fsp3) is 0.917. The molecule has 1 amide bonds. The molecule has 1 aliphatic rings. The highest BCUT2D eigenvalue weighted by atomic mass is 16.2. The monoisotopic (exact) mass is 212 g/mol. The molecule has 0 radical (unpaired) electrons. The van der Waals surface area contributed by atoms with Gasteiger partial charge in [-0.15, -0.1) is 0 Å². The van der Waals surface area contributed by atoms with Gasteiger partial charge in [0.2, 0.25) is 5.91 Å². The van der Waals surface area contributed by atoms with E-state index >= 15 is 0 Å². The zero-order chi connectivity index (χ0) is 11.3. The van der Waals surface area contributed by atoms with Crippen molar-refractivity contribution in [2.24, 2.45) is 5.92 Å². The molecule has 1 aliphatic heterocycles. The van der Waals surface area contributed by atoms with E-state index in [9.17, 15) is 4.79 Å². The van der Waals surface area contributed by atoms with E-state index in [4.69, 9.17) is 0 Å². The zero-order valence-corrected chi connectivity index (χ0v) is 10.3. The zero-order valence-electron chi connectivity index (χ0n) is 10.3. The van der Waals surface area contributed by atoms with Crippen molar-refractivity contribution in [2.45, 2.75) is 33.1 Å². The van der Waals surface area contributed by atoms with Crippen LogP contribution in [0.5, 0.6) is 0 Å². The smallest absolute Gasteiger partial charge is 0.219 e. The molecule has 15 heavy (non-hydrogen) atoms. The summed E-state index contributed by atoms with van der Waals surface area (Å²) in [6, 6.07) is 0. The van der Waals surface area contributed by atoms with Crippen molar-refractivity contribution in [1.29, 1.82) is 0 Å². The quantitative estimate of drug-likeness (QED) is 0.706. The summed E-state index contributed by atoms with van der Waals surface area (Å²) < 4.78 is 0. The first-order chi connectivity index (χ1) is 7.13. The van der Waals surface area contributed by atoms with E-state index in [0.29, 0.717) is 0 Å². The van der Waals surface area contributed by atoms with Crippen LogP contribution in [-0.2, 0) is 4.79 Å². The number of carbonyl (C=O) groups excluding carboxylic acids is 1. The maximum absolute atomic E-state index is 11.1. The van der Waals surface area contributed by atoms with Gasteiger partial charge in [-0.25, -0.2) is 0 Å². The van der Waals surface area contributed by atoms with Gasteiger partial charge in [0, 0.05) is 27.1 Å². The number of amides is 1. The van der Waals surface area contributed by atoms with Gasteiger partial charge in [0.25, 0.3) is 0 Å². The summed E-state index contributed by atoms with van der Waals surface area (Å²) in [7, 11) is 1.89. The van der Waals surface area contributed by atoms with Crippen molar-refractivity contribution in [3.8, 4) is 0 Å². The van der Waals surface area contributed by atoms with Gasteiger partial charge in [-0.3, -0.25) is 4.79 Å². The summed E-state index contributed by atoms with van der Waals surface area (Å²) in [4.78, 5) is 15.4. The highest BCUT2D eigenvalue weighted by molar-refractivity contribution is 5.72. The van der Waals surface area contributed by atoms with Crippen LogP contribution < -0.4 is 0 Å². The van der Waals surface area contributed by atoms with Crippen molar-refractivity contribution >= 4 is 5.91 Å². The predicted octanol–water partition coefficient (Wildman–Crippen LogP) is 1.59. The Morgan fingerprint density at radius 1 is 1.53 bits per heavy atom. The van der Waals surface area contributed by atoms with E-state index in [-0.39, 0.29) is 5.91 Å². The lowest BCUT2D eigenvalue weighted by molar-refractivity contribution is -0.127. The van der Waals surface area contributed by atoms with Crippen LogP contribution in [0.2, 0.25) is 0 Å². The molecule has 1 rings (SSSR count). The topological polar surface area (TPSA) is 23.6 Å². The first kappa shape index (κ1) is 12.5. The van der Waals surface area contributed by atoms with Crippen LogP contribution in [0.25, 0.3) is 0 Å². The third-order valence-corrected chi connectivity index (χ3v) is 3.46. The summed E-state index contributed by atoms with van der Waals surface area (Å²) >= 11 is 0. The third-order valence-electron chi connectivity index (χ3n) is 3.46. The molecule has 88 valence electrons. The highest BCUT2D eigenvalue weighted by Gasteiger charge is 2.18. The van der Waals surface area contributed by atoms with E-state index in [0.717, 1.165) is 18.9 Å². The molecular weight excluding hydrogens is 188 g/mol. The average molecular weight is 212 g/mol. The van der Waals surface area contributed by atoms with Gasteiger partial charge in [-0.05, 0) is 38.3 Å². The standard InChI is InChI=1S/C12H24N2O/c1-4-14-8-5-6-12(10-14)7-9-13(3)11(2)15/h12H,4-10H2,1-3H3. The Hall–Kier alpha value is -0.570. The molecule has 3 heteroatoms. The van der Waals surface area contributed by atoms with Crippen LogP contribution in [0.15, 0.2) is 0 Å². The second-order valence-electron chi connectivity index (χ2n) is 4.63. The van der Waals surface area contributed by atoms with Gasteiger partial charge >= 0.3 is 0 Å². The van der Waals surface area contributed by atoms with Gasteiger partial charge in [-0.1, -0.05) is 6.92 Å². The fourth-order valence-corrected chi connectivity index (χ4v) is 2.21. The van der Waals surface area contributed by atoms with E-state index in [1.807, 2.05) is 11.9 Å². The molecule has 1 fully saturated rings. The Balaban J connectivity index is 2.23. The lowest BCUT2D eigenvalue weighted by atomic mass is 9.94. The first-order valence-corrected chi connectivity index (χ1v) is 6.07. The van der Waals surface area contributed by atoms with Gasteiger partial charge in [0.15, 0.2) is 0 Å². The third kappa shape index (κ3) is 4.20. The highest BCUT2D eigenvalue weighted by Crippen LogP contribution is 2.19. The minimum Gasteiger partial charge on any atom is -0.346 e. The molecule has 0 bridgehead atoms. The number of hydrogen-bond acceptors (Lipinski definition) is 2. The normalized spacial score (nSPS) is 22.7. The second kappa shape index (κ2) is 6.11. The van der Waals surface area contributed by atoms with E-state index < -0.39 is 0 Å². The van der Waals surface area contributed by atoms with Crippen molar-refractivity contribution in [3.63, 3.8) is 0 Å². The Morgan fingerprint density at radius 3 is 2.87 bits per heavy atom. The number of rotatable bonds is 4. The number of carbonyl (C=O) groups is 1. The summed E-state index contributed by atoms with van der Waals surface area (Å²) in [6.07, 6.45) is 3.82. The summed E-state index contributed by atoms with van der Waals surface area (Å²) in [6.45, 7) is 8.43. The largest absolute Gasteiger partial charge is 0.346 e. The van der Waals surface area contributed by atoms with Crippen LogP contribution in [0.1, 0.15) is 33.1 Å². The van der Waals surface area contributed by atoms with Gasteiger partial charge in [0.1, 0.15) is 0 Å². The van der Waals surface area contributed by atoms with Crippen LogP contribution in [0.4, 0.5) is 0 Å². The van der Waals surface area contributed by atoms with Gasteiger partial charge in [0.05, 0.1) is 0 Å². The molecule has 3 nitrogen and oxygen atoms in total. The maximum atomic E-state index is 11.1. The molecule has 0 aromatic rings. The van der Waals surface area contributed by atoms with Crippen molar-refractivity contribution in [2.75, 3.05) is 33.2 Å². The van der Waals surface area contributed by atoms with Crippen LogP contribution in [-0.4, -0.2) is 48.9 Å². The average Bonchev–Trinajstić information content (AvgIpc) is 2.26. The lowest BCUT2D eigenvalue weighted by Gasteiger charge is -2.32. The van der Waals surface area contributed by atoms with E-state index in [1.54, 1.807) is 6.92 Å².